The van der Waals surface area contributed by atoms with Crippen LogP contribution in [-0.2, 0) is 0 Å². The normalized spacial score (nSPS) is 16.3. The molecule has 1 N–H and O–H groups in total. The predicted octanol–water partition coefficient (Wildman–Crippen LogP) is 4.00. The van der Waals surface area contributed by atoms with Gasteiger partial charge in [0.1, 0.15) is 5.82 Å². The smallest absolute Gasteiger partial charge is 0.166 e. The highest BCUT2D eigenvalue weighted by molar-refractivity contribution is 7.10. The summed E-state index contributed by atoms with van der Waals surface area (Å²) in [6.45, 7) is 2.83. The molecule has 0 radical (unpaired) electrons. The Bertz CT molecular complexity index is 619. The van der Waals surface area contributed by atoms with Crippen LogP contribution in [0.5, 0.6) is 0 Å². The summed E-state index contributed by atoms with van der Waals surface area (Å²) in [5, 5.41) is 5.07. The van der Waals surface area contributed by atoms with Crippen LogP contribution in [0.4, 0.5) is 13.2 Å². The maximum atomic E-state index is 14.2. The van der Waals surface area contributed by atoms with E-state index in [1.54, 1.807) is 0 Å². The largest absolute Gasteiger partial charge is 0.314 e. The molecule has 0 aliphatic carbocycles. The Morgan fingerprint density at radius 1 is 1.00 bits per heavy atom. The fourth-order valence-corrected chi connectivity index (χ4v) is 3.55. The van der Waals surface area contributed by atoms with E-state index in [1.807, 2.05) is 22.4 Å². The summed E-state index contributed by atoms with van der Waals surface area (Å²) in [4.78, 5) is 2.81. The average molecular weight is 385 g/mol. The molecule has 1 saturated heterocycles. The Balaban J connectivity index is 0.00000132. The zero-order valence-corrected chi connectivity index (χ0v) is 14.5. The number of nitrogens with zero attached hydrogens (tertiary/aromatic N) is 1. The molecule has 2 nitrogen and oxygen atoms in total. The van der Waals surface area contributed by atoms with Gasteiger partial charge in [-0.15, -0.1) is 36.2 Å². The van der Waals surface area contributed by atoms with Gasteiger partial charge in [-0.05, 0) is 23.6 Å². The third-order valence-corrected chi connectivity index (χ3v) is 4.61. The van der Waals surface area contributed by atoms with Gasteiger partial charge in [-0.3, -0.25) is 4.90 Å². The minimum Gasteiger partial charge on any atom is -0.314 e. The lowest BCUT2D eigenvalue weighted by atomic mass is 10.0. The molecular weight excluding hydrogens is 368 g/mol. The van der Waals surface area contributed by atoms with E-state index in [0.717, 1.165) is 30.1 Å². The first kappa shape index (κ1) is 20.3. The van der Waals surface area contributed by atoms with Gasteiger partial charge in [-0.2, -0.15) is 0 Å². The first-order valence-electron chi connectivity index (χ1n) is 6.80. The molecule has 2 aromatic rings. The molecule has 0 unspecified atom stereocenters. The van der Waals surface area contributed by atoms with Gasteiger partial charge in [-0.1, -0.05) is 6.07 Å². The molecule has 0 amide bonds. The molecule has 0 spiro atoms. The van der Waals surface area contributed by atoms with Crippen molar-refractivity contribution in [1.82, 2.24) is 10.2 Å². The Morgan fingerprint density at radius 2 is 1.65 bits per heavy atom. The summed E-state index contributed by atoms with van der Waals surface area (Å²) in [5.74, 6) is -2.80. The topological polar surface area (TPSA) is 15.3 Å². The highest BCUT2D eigenvalue weighted by Gasteiger charge is 2.30. The van der Waals surface area contributed by atoms with E-state index in [-0.39, 0.29) is 30.4 Å². The molecule has 1 aromatic carbocycles. The molecule has 1 aliphatic heterocycles. The van der Waals surface area contributed by atoms with E-state index in [1.165, 1.54) is 11.3 Å². The predicted molar refractivity (Wildman–Crippen MR) is 91.4 cm³/mol. The molecule has 2 heterocycles. The van der Waals surface area contributed by atoms with Gasteiger partial charge in [0.25, 0.3) is 0 Å². The fourth-order valence-electron chi connectivity index (χ4n) is 2.69. The molecule has 1 atom stereocenters. The number of hydrogen-bond donors (Lipinski definition) is 1. The highest BCUT2D eigenvalue weighted by Crippen LogP contribution is 2.35. The lowest BCUT2D eigenvalue weighted by Crippen LogP contribution is -2.45. The third kappa shape index (κ3) is 4.19. The van der Waals surface area contributed by atoms with E-state index in [2.05, 4.69) is 5.32 Å². The molecule has 8 heteroatoms. The Hall–Kier alpha value is -0.790. The number of thiophene rings is 1. The van der Waals surface area contributed by atoms with Gasteiger partial charge >= 0.3 is 0 Å². The van der Waals surface area contributed by atoms with Crippen molar-refractivity contribution in [2.75, 3.05) is 26.2 Å². The number of piperazine rings is 1. The van der Waals surface area contributed by atoms with Crippen molar-refractivity contribution in [3.8, 4) is 0 Å². The molecule has 1 aliphatic rings. The van der Waals surface area contributed by atoms with Crippen molar-refractivity contribution in [1.29, 1.82) is 0 Å². The average Bonchev–Trinajstić information content (AvgIpc) is 3.02. The summed E-state index contributed by atoms with van der Waals surface area (Å²) in [7, 11) is 0. The van der Waals surface area contributed by atoms with E-state index < -0.39 is 23.5 Å². The summed E-state index contributed by atoms with van der Waals surface area (Å²) in [6.07, 6.45) is 0. The maximum absolute atomic E-state index is 14.2. The van der Waals surface area contributed by atoms with E-state index >= 15 is 0 Å². The Labute approximate surface area is 149 Å². The Kier molecular flexibility index (Phi) is 7.83. The van der Waals surface area contributed by atoms with Crippen LogP contribution >= 0.6 is 36.2 Å². The van der Waals surface area contributed by atoms with Crippen LogP contribution < -0.4 is 5.32 Å². The molecule has 0 bridgehead atoms. The summed E-state index contributed by atoms with van der Waals surface area (Å²) >= 11 is 1.42. The minimum atomic E-state index is -1.09. The number of benzene rings is 1. The standard InChI is InChI=1S/C15H15F3N2S.2ClH/c16-10-3-4-11(17)14(18)13(10)15(12-2-1-9-21-12)20-7-5-19-6-8-20;;/h1-4,9,15,19H,5-8H2;2*1H/t15-;;/m0../s1. The molecule has 1 fully saturated rings. The monoisotopic (exact) mass is 384 g/mol. The first-order chi connectivity index (χ1) is 10.2. The van der Waals surface area contributed by atoms with Gasteiger partial charge in [0.15, 0.2) is 11.6 Å². The molecule has 23 heavy (non-hydrogen) atoms. The van der Waals surface area contributed by atoms with Crippen LogP contribution in [-0.4, -0.2) is 31.1 Å². The van der Waals surface area contributed by atoms with Crippen LogP contribution in [0, 0.1) is 17.5 Å². The van der Waals surface area contributed by atoms with Crippen molar-refractivity contribution in [2.24, 2.45) is 0 Å². The summed E-state index contributed by atoms with van der Waals surface area (Å²) in [5.41, 5.74) is -0.195. The quantitative estimate of drug-likeness (QED) is 0.804. The van der Waals surface area contributed by atoms with Crippen LogP contribution in [0.25, 0.3) is 0 Å². The Morgan fingerprint density at radius 3 is 2.26 bits per heavy atom. The van der Waals surface area contributed by atoms with Gasteiger partial charge in [-0.25, -0.2) is 13.2 Å². The number of nitrogens with one attached hydrogen (secondary N) is 1. The summed E-state index contributed by atoms with van der Waals surface area (Å²) < 4.78 is 41.9. The second-order valence-electron chi connectivity index (χ2n) is 4.96. The number of rotatable bonds is 3. The van der Waals surface area contributed by atoms with Gasteiger partial charge in [0, 0.05) is 36.6 Å². The number of halogens is 5. The zero-order valence-electron chi connectivity index (χ0n) is 12.1. The van der Waals surface area contributed by atoms with Crippen molar-refractivity contribution < 1.29 is 13.2 Å². The van der Waals surface area contributed by atoms with Crippen molar-refractivity contribution >= 4 is 36.2 Å². The third-order valence-electron chi connectivity index (χ3n) is 3.68. The lowest BCUT2D eigenvalue weighted by Gasteiger charge is -2.35. The van der Waals surface area contributed by atoms with Gasteiger partial charge < -0.3 is 5.32 Å². The molecule has 1 aromatic heterocycles. The van der Waals surface area contributed by atoms with E-state index in [0.29, 0.717) is 13.1 Å². The second-order valence-corrected chi connectivity index (χ2v) is 5.94. The van der Waals surface area contributed by atoms with Crippen molar-refractivity contribution in [3.63, 3.8) is 0 Å². The highest BCUT2D eigenvalue weighted by atomic mass is 35.5. The maximum Gasteiger partial charge on any atom is 0.166 e. The fraction of sp³-hybridized carbons (Fsp3) is 0.333. The van der Waals surface area contributed by atoms with Crippen LogP contribution in [0.1, 0.15) is 16.5 Å². The molecular formula is C15H17Cl2F3N2S. The lowest BCUT2D eigenvalue weighted by molar-refractivity contribution is 0.193. The summed E-state index contributed by atoms with van der Waals surface area (Å²) in [6, 6.07) is 4.92. The van der Waals surface area contributed by atoms with Crippen LogP contribution in [0.15, 0.2) is 29.6 Å². The van der Waals surface area contributed by atoms with Crippen molar-refractivity contribution in [2.45, 2.75) is 6.04 Å². The van der Waals surface area contributed by atoms with Crippen LogP contribution in [0.3, 0.4) is 0 Å². The second kappa shape index (κ2) is 8.89. The van der Waals surface area contributed by atoms with Gasteiger partial charge in [0.05, 0.1) is 6.04 Å². The van der Waals surface area contributed by atoms with E-state index in [9.17, 15) is 13.2 Å². The van der Waals surface area contributed by atoms with Crippen molar-refractivity contribution in [3.05, 3.63) is 57.5 Å². The zero-order chi connectivity index (χ0) is 14.8. The first-order valence-corrected chi connectivity index (χ1v) is 7.68. The van der Waals surface area contributed by atoms with Crippen LogP contribution in [0.2, 0.25) is 0 Å². The molecule has 3 rings (SSSR count). The van der Waals surface area contributed by atoms with Gasteiger partial charge in [0.2, 0.25) is 0 Å². The minimum absolute atomic E-state index is 0. The molecule has 128 valence electrons. The van der Waals surface area contributed by atoms with E-state index in [4.69, 9.17) is 0 Å². The SMILES string of the molecule is Cl.Cl.Fc1ccc(F)c([C@H](c2cccs2)N2CCNCC2)c1F. The number of hydrogen-bond acceptors (Lipinski definition) is 3. The molecule has 0 saturated carbocycles.